The van der Waals surface area contributed by atoms with Crippen molar-refractivity contribution in [3.8, 4) is 0 Å². The van der Waals surface area contributed by atoms with Gasteiger partial charge in [-0.3, -0.25) is 0 Å². The number of aryl methyl sites for hydroxylation is 1. The molecule has 0 aliphatic carbocycles. The van der Waals surface area contributed by atoms with E-state index in [1.807, 2.05) is 6.92 Å². The molecule has 1 aromatic carbocycles. The summed E-state index contributed by atoms with van der Waals surface area (Å²) in [6, 6.07) is 8.25. The number of nitrogens with zero attached hydrogens (tertiary/aromatic N) is 1. The Bertz CT molecular complexity index is 493. The second-order valence-corrected chi connectivity index (χ2v) is 7.08. The van der Waals surface area contributed by atoms with Gasteiger partial charge >= 0.3 is 0 Å². The van der Waals surface area contributed by atoms with Gasteiger partial charge in [0.1, 0.15) is 0 Å². The number of hydrogen-bond donors (Lipinski definition) is 0. The smallest absolute Gasteiger partial charge is 0.211 e. The molecule has 0 N–H and O–H groups in total. The van der Waals surface area contributed by atoms with Gasteiger partial charge in [0, 0.05) is 12.6 Å². The van der Waals surface area contributed by atoms with Crippen molar-refractivity contribution < 1.29 is 8.42 Å². The summed E-state index contributed by atoms with van der Waals surface area (Å²) >= 11 is 0. The fourth-order valence-corrected chi connectivity index (χ4v) is 3.75. The molecule has 1 fully saturated rings. The summed E-state index contributed by atoms with van der Waals surface area (Å²) < 4.78 is 25.5. The third kappa shape index (κ3) is 3.12. The van der Waals surface area contributed by atoms with Crippen LogP contribution >= 0.6 is 0 Å². The third-order valence-electron chi connectivity index (χ3n) is 3.59. The van der Waals surface area contributed by atoms with Crippen LogP contribution in [0.4, 0.5) is 0 Å². The highest BCUT2D eigenvalue weighted by Gasteiger charge is 2.28. The molecular weight excluding hydrogens is 246 g/mol. The van der Waals surface area contributed by atoms with E-state index >= 15 is 0 Å². The van der Waals surface area contributed by atoms with Crippen LogP contribution < -0.4 is 0 Å². The van der Waals surface area contributed by atoms with E-state index in [1.54, 1.807) is 4.31 Å². The molecule has 1 heterocycles. The molecule has 1 atom stereocenters. The molecule has 2 rings (SSSR count). The van der Waals surface area contributed by atoms with Crippen LogP contribution in [0.5, 0.6) is 0 Å². The second kappa shape index (κ2) is 5.41. The van der Waals surface area contributed by atoms with Crippen molar-refractivity contribution in [2.75, 3.05) is 12.8 Å². The minimum absolute atomic E-state index is 0.0168. The van der Waals surface area contributed by atoms with Crippen LogP contribution in [0.25, 0.3) is 0 Å². The first-order valence-electron chi connectivity index (χ1n) is 6.52. The summed E-state index contributed by atoms with van der Waals surface area (Å²) in [7, 11) is -3.12. The zero-order valence-corrected chi connectivity index (χ0v) is 11.9. The second-order valence-electron chi connectivity index (χ2n) is 5.15. The highest BCUT2D eigenvalue weighted by atomic mass is 32.2. The first-order chi connectivity index (χ1) is 8.48. The maximum absolute atomic E-state index is 11.9. The molecule has 0 amide bonds. The summed E-state index contributed by atoms with van der Waals surface area (Å²) in [5.41, 5.74) is 2.33. The largest absolute Gasteiger partial charge is 0.212 e. The van der Waals surface area contributed by atoms with Crippen molar-refractivity contribution in [1.82, 2.24) is 4.31 Å². The van der Waals surface area contributed by atoms with E-state index in [0.29, 0.717) is 6.54 Å². The van der Waals surface area contributed by atoms with Gasteiger partial charge in [0.15, 0.2) is 0 Å². The number of sulfonamides is 1. The predicted octanol–water partition coefficient (Wildman–Crippen LogP) is 2.87. The highest BCUT2D eigenvalue weighted by Crippen LogP contribution is 2.31. The molecule has 1 aromatic rings. The lowest BCUT2D eigenvalue weighted by Gasteiger charge is -2.28. The van der Waals surface area contributed by atoms with Crippen LogP contribution in [0, 0.1) is 6.92 Å². The molecule has 1 aliphatic rings. The fraction of sp³-hybridized carbons (Fsp3) is 0.571. The first-order valence-corrected chi connectivity index (χ1v) is 8.37. The molecule has 0 aromatic heterocycles. The van der Waals surface area contributed by atoms with E-state index in [2.05, 4.69) is 24.3 Å². The normalized spacial score (nSPS) is 22.7. The van der Waals surface area contributed by atoms with Gasteiger partial charge in [0.2, 0.25) is 10.0 Å². The molecule has 1 saturated heterocycles. The van der Waals surface area contributed by atoms with Gasteiger partial charge in [-0.05, 0) is 25.3 Å². The molecule has 0 radical (unpaired) electrons. The van der Waals surface area contributed by atoms with Crippen molar-refractivity contribution in [3.63, 3.8) is 0 Å². The summed E-state index contributed by atoms with van der Waals surface area (Å²) in [6.45, 7) is 2.70. The SMILES string of the molecule is Cc1ccc([C@H]2CCCCCN2S(C)(=O)=O)cc1. The van der Waals surface area contributed by atoms with Crippen LogP contribution in [0.2, 0.25) is 0 Å². The molecule has 1 aliphatic heterocycles. The monoisotopic (exact) mass is 267 g/mol. The van der Waals surface area contributed by atoms with E-state index < -0.39 is 10.0 Å². The summed E-state index contributed by atoms with van der Waals surface area (Å²) in [5.74, 6) is 0. The Labute approximate surface area is 110 Å². The summed E-state index contributed by atoms with van der Waals surface area (Å²) in [4.78, 5) is 0. The molecule has 100 valence electrons. The van der Waals surface area contributed by atoms with E-state index in [4.69, 9.17) is 0 Å². The van der Waals surface area contributed by atoms with Crippen molar-refractivity contribution in [2.24, 2.45) is 0 Å². The predicted molar refractivity (Wildman–Crippen MR) is 73.9 cm³/mol. The number of benzene rings is 1. The molecular formula is C14H21NO2S. The quantitative estimate of drug-likeness (QED) is 0.826. The first kappa shape index (κ1) is 13.6. The lowest BCUT2D eigenvalue weighted by molar-refractivity contribution is 0.331. The van der Waals surface area contributed by atoms with Gasteiger partial charge in [0.05, 0.1) is 6.26 Å². The van der Waals surface area contributed by atoms with Crippen molar-refractivity contribution in [1.29, 1.82) is 0 Å². The van der Waals surface area contributed by atoms with Gasteiger partial charge in [0.25, 0.3) is 0 Å². The van der Waals surface area contributed by atoms with Crippen LogP contribution in [0.15, 0.2) is 24.3 Å². The minimum Gasteiger partial charge on any atom is -0.212 e. The maximum Gasteiger partial charge on any atom is 0.211 e. The summed E-state index contributed by atoms with van der Waals surface area (Å²) in [6.07, 6.45) is 5.43. The van der Waals surface area contributed by atoms with Crippen LogP contribution in [0.1, 0.15) is 42.9 Å². The molecule has 0 saturated carbocycles. The Morgan fingerprint density at radius 1 is 1.11 bits per heavy atom. The van der Waals surface area contributed by atoms with Gasteiger partial charge < -0.3 is 0 Å². The highest BCUT2D eigenvalue weighted by molar-refractivity contribution is 7.88. The Hall–Kier alpha value is -0.870. The van der Waals surface area contributed by atoms with Crippen molar-refractivity contribution >= 4 is 10.0 Å². The van der Waals surface area contributed by atoms with E-state index in [0.717, 1.165) is 31.2 Å². The van der Waals surface area contributed by atoms with E-state index in [-0.39, 0.29) is 6.04 Å². The van der Waals surface area contributed by atoms with E-state index in [9.17, 15) is 8.42 Å². The summed E-state index contributed by atoms with van der Waals surface area (Å²) in [5, 5.41) is 0. The Balaban J connectivity index is 2.34. The zero-order valence-electron chi connectivity index (χ0n) is 11.1. The Kier molecular flexibility index (Phi) is 4.07. The molecule has 0 unspecified atom stereocenters. The Morgan fingerprint density at radius 3 is 2.39 bits per heavy atom. The molecule has 0 bridgehead atoms. The standard InChI is InChI=1S/C14H21NO2S/c1-12-7-9-13(10-8-12)14-6-4-3-5-11-15(14)18(2,16)17/h7-10,14H,3-6,11H2,1-2H3/t14-/m1/s1. The van der Waals surface area contributed by atoms with Crippen LogP contribution in [-0.2, 0) is 10.0 Å². The van der Waals surface area contributed by atoms with Gasteiger partial charge in [-0.15, -0.1) is 0 Å². The third-order valence-corrected chi connectivity index (χ3v) is 4.88. The van der Waals surface area contributed by atoms with Crippen molar-refractivity contribution in [2.45, 2.75) is 38.6 Å². The average Bonchev–Trinajstić information content (AvgIpc) is 2.54. The topological polar surface area (TPSA) is 37.4 Å². The van der Waals surface area contributed by atoms with Crippen LogP contribution in [-0.4, -0.2) is 25.5 Å². The van der Waals surface area contributed by atoms with Gasteiger partial charge in [-0.1, -0.05) is 42.7 Å². The number of rotatable bonds is 2. The average molecular weight is 267 g/mol. The Morgan fingerprint density at radius 2 is 1.78 bits per heavy atom. The molecule has 18 heavy (non-hydrogen) atoms. The number of hydrogen-bond acceptors (Lipinski definition) is 2. The lowest BCUT2D eigenvalue weighted by atomic mass is 10.0. The van der Waals surface area contributed by atoms with Crippen LogP contribution in [0.3, 0.4) is 0 Å². The fourth-order valence-electron chi connectivity index (χ4n) is 2.60. The van der Waals surface area contributed by atoms with E-state index in [1.165, 1.54) is 11.8 Å². The molecule has 4 heteroatoms. The lowest BCUT2D eigenvalue weighted by Crippen LogP contribution is -2.33. The maximum atomic E-state index is 11.9. The minimum atomic E-state index is -3.12. The molecule has 0 spiro atoms. The van der Waals surface area contributed by atoms with Crippen molar-refractivity contribution in [3.05, 3.63) is 35.4 Å². The van der Waals surface area contributed by atoms with Gasteiger partial charge in [-0.2, -0.15) is 4.31 Å². The van der Waals surface area contributed by atoms with Gasteiger partial charge in [-0.25, -0.2) is 8.42 Å². The molecule has 3 nitrogen and oxygen atoms in total. The zero-order chi connectivity index (χ0) is 13.2.